The van der Waals surface area contributed by atoms with E-state index in [1.165, 1.54) is 4.31 Å². The van der Waals surface area contributed by atoms with Crippen LogP contribution >= 0.6 is 0 Å². The summed E-state index contributed by atoms with van der Waals surface area (Å²) in [4.78, 5) is 12.7. The van der Waals surface area contributed by atoms with Gasteiger partial charge in [0.25, 0.3) is 0 Å². The number of carbonyl (C=O) groups excluding carboxylic acids is 1. The Bertz CT molecular complexity index is 732. The van der Waals surface area contributed by atoms with E-state index >= 15 is 0 Å². The van der Waals surface area contributed by atoms with Crippen molar-refractivity contribution in [2.75, 3.05) is 39.4 Å². The molecular formula is C18H27N3O4S. The van der Waals surface area contributed by atoms with Crippen LogP contribution in [0.4, 0.5) is 0 Å². The van der Waals surface area contributed by atoms with Gasteiger partial charge in [0.1, 0.15) is 0 Å². The van der Waals surface area contributed by atoms with Crippen LogP contribution in [0.1, 0.15) is 24.8 Å². The molecule has 144 valence electrons. The van der Waals surface area contributed by atoms with Crippen molar-refractivity contribution in [2.24, 2.45) is 5.92 Å². The van der Waals surface area contributed by atoms with E-state index in [2.05, 4.69) is 5.43 Å². The standard InChI is InChI=1S/C18H27N3O4S/c1-15-5-2-3-7-17(15)26(23,24)21-8-4-6-16(14-21)13-18(22)19-20-9-11-25-12-10-20/h2-3,5,7,16H,4,6,8-14H2,1H3,(H,19,22). The van der Waals surface area contributed by atoms with Crippen molar-refractivity contribution in [1.29, 1.82) is 0 Å². The summed E-state index contributed by atoms with van der Waals surface area (Å²) in [6.07, 6.45) is 1.99. The van der Waals surface area contributed by atoms with Gasteiger partial charge in [0, 0.05) is 32.6 Å². The summed E-state index contributed by atoms with van der Waals surface area (Å²) in [6, 6.07) is 7.05. The van der Waals surface area contributed by atoms with Crippen molar-refractivity contribution >= 4 is 15.9 Å². The summed E-state index contributed by atoms with van der Waals surface area (Å²) < 4.78 is 32.7. The summed E-state index contributed by atoms with van der Waals surface area (Å²) in [5.74, 6) is -0.00405. The molecule has 8 heteroatoms. The molecule has 0 radical (unpaired) electrons. The van der Waals surface area contributed by atoms with Gasteiger partial charge in [-0.2, -0.15) is 4.31 Å². The van der Waals surface area contributed by atoms with Crippen LogP contribution in [0.3, 0.4) is 0 Å². The van der Waals surface area contributed by atoms with Crippen molar-refractivity contribution in [3.05, 3.63) is 29.8 Å². The monoisotopic (exact) mass is 381 g/mol. The number of hydrogen-bond donors (Lipinski definition) is 1. The van der Waals surface area contributed by atoms with Crippen LogP contribution in [-0.2, 0) is 19.6 Å². The molecule has 1 aromatic carbocycles. The van der Waals surface area contributed by atoms with Crippen LogP contribution < -0.4 is 5.43 Å². The molecule has 2 aliphatic rings. The maximum Gasteiger partial charge on any atom is 0.243 e. The smallest absolute Gasteiger partial charge is 0.243 e. The third-order valence-corrected chi connectivity index (χ3v) is 6.99. The van der Waals surface area contributed by atoms with E-state index in [0.717, 1.165) is 18.4 Å². The molecule has 0 aliphatic carbocycles. The minimum atomic E-state index is -3.51. The first-order valence-corrected chi connectivity index (χ1v) is 10.6. The van der Waals surface area contributed by atoms with Gasteiger partial charge in [-0.15, -0.1) is 0 Å². The lowest BCUT2D eigenvalue weighted by Gasteiger charge is -2.33. The summed E-state index contributed by atoms with van der Waals surface area (Å²) in [5.41, 5.74) is 3.66. The Labute approximate surface area is 155 Å². The van der Waals surface area contributed by atoms with Gasteiger partial charge in [-0.05, 0) is 37.3 Å². The third kappa shape index (κ3) is 4.62. The van der Waals surface area contributed by atoms with E-state index < -0.39 is 10.0 Å². The van der Waals surface area contributed by atoms with Gasteiger partial charge in [0.2, 0.25) is 15.9 Å². The fourth-order valence-corrected chi connectivity index (χ4v) is 5.34. The first-order chi connectivity index (χ1) is 12.5. The molecule has 2 fully saturated rings. The van der Waals surface area contributed by atoms with Gasteiger partial charge in [-0.1, -0.05) is 18.2 Å². The number of hydrazine groups is 1. The van der Waals surface area contributed by atoms with Gasteiger partial charge >= 0.3 is 0 Å². The predicted octanol–water partition coefficient (Wildman–Crippen LogP) is 1.15. The first kappa shape index (κ1) is 19.3. The number of carbonyl (C=O) groups is 1. The number of aryl methyl sites for hydroxylation is 1. The molecule has 1 N–H and O–H groups in total. The van der Waals surface area contributed by atoms with E-state index in [1.807, 2.05) is 24.1 Å². The number of nitrogens with zero attached hydrogens (tertiary/aromatic N) is 2. The number of morpholine rings is 1. The molecule has 7 nitrogen and oxygen atoms in total. The predicted molar refractivity (Wildman–Crippen MR) is 97.8 cm³/mol. The number of rotatable bonds is 5. The second-order valence-corrected chi connectivity index (χ2v) is 8.88. The van der Waals surface area contributed by atoms with Crippen LogP contribution in [0, 0.1) is 12.8 Å². The molecule has 2 saturated heterocycles. The Kier molecular flexibility index (Phi) is 6.29. The topological polar surface area (TPSA) is 79.0 Å². The Hall–Kier alpha value is -1.48. The zero-order valence-electron chi connectivity index (χ0n) is 15.2. The summed E-state index contributed by atoms with van der Waals surface area (Å²) in [5, 5.41) is 1.87. The lowest BCUT2D eigenvalue weighted by Crippen LogP contribution is -2.49. The SMILES string of the molecule is Cc1ccccc1S(=O)(=O)N1CCCC(CC(=O)NN2CCOCC2)C1. The third-order valence-electron chi connectivity index (χ3n) is 4.96. The molecule has 1 aromatic rings. The average molecular weight is 381 g/mol. The fraction of sp³-hybridized carbons (Fsp3) is 0.611. The second kappa shape index (κ2) is 8.47. The molecular weight excluding hydrogens is 354 g/mol. The largest absolute Gasteiger partial charge is 0.379 e. The molecule has 2 heterocycles. The first-order valence-electron chi connectivity index (χ1n) is 9.15. The minimum absolute atomic E-state index is 0.0450. The Morgan fingerprint density at radius 1 is 1.23 bits per heavy atom. The van der Waals surface area contributed by atoms with Crippen molar-refractivity contribution in [3.8, 4) is 0 Å². The average Bonchev–Trinajstić information content (AvgIpc) is 2.63. The van der Waals surface area contributed by atoms with Gasteiger partial charge in [0.15, 0.2) is 0 Å². The fourth-order valence-electron chi connectivity index (χ4n) is 3.56. The molecule has 26 heavy (non-hydrogen) atoms. The zero-order valence-corrected chi connectivity index (χ0v) is 16.0. The van der Waals surface area contributed by atoms with Crippen LogP contribution in [0.2, 0.25) is 0 Å². The van der Waals surface area contributed by atoms with Gasteiger partial charge in [0.05, 0.1) is 18.1 Å². The van der Waals surface area contributed by atoms with Crippen molar-refractivity contribution in [2.45, 2.75) is 31.1 Å². The van der Waals surface area contributed by atoms with Gasteiger partial charge in [-0.3, -0.25) is 10.2 Å². The number of nitrogens with one attached hydrogen (secondary N) is 1. The van der Waals surface area contributed by atoms with Gasteiger partial charge < -0.3 is 4.74 Å². The van der Waals surface area contributed by atoms with Crippen molar-refractivity contribution in [3.63, 3.8) is 0 Å². The molecule has 0 bridgehead atoms. The summed E-state index contributed by atoms with van der Waals surface area (Å²) in [6.45, 7) is 5.32. The molecule has 1 unspecified atom stereocenters. The normalized spacial score (nSPS) is 22.9. The molecule has 0 aromatic heterocycles. The highest BCUT2D eigenvalue weighted by atomic mass is 32.2. The van der Waals surface area contributed by atoms with E-state index in [0.29, 0.717) is 50.7 Å². The summed E-state index contributed by atoms with van der Waals surface area (Å²) >= 11 is 0. The van der Waals surface area contributed by atoms with Crippen LogP contribution in [0.25, 0.3) is 0 Å². The number of amides is 1. The number of sulfonamides is 1. The Morgan fingerprint density at radius 2 is 1.96 bits per heavy atom. The highest BCUT2D eigenvalue weighted by Gasteiger charge is 2.32. The maximum atomic E-state index is 13.0. The number of hydrogen-bond acceptors (Lipinski definition) is 5. The minimum Gasteiger partial charge on any atom is -0.379 e. The van der Waals surface area contributed by atoms with E-state index in [1.54, 1.807) is 12.1 Å². The molecule has 1 amide bonds. The molecule has 1 atom stereocenters. The molecule has 3 rings (SSSR count). The Morgan fingerprint density at radius 3 is 2.69 bits per heavy atom. The highest BCUT2D eigenvalue weighted by Crippen LogP contribution is 2.27. The van der Waals surface area contributed by atoms with E-state index in [-0.39, 0.29) is 11.8 Å². The van der Waals surface area contributed by atoms with E-state index in [9.17, 15) is 13.2 Å². The van der Waals surface area contributed by atoms with Gasteiger partial charge in [-0.25, -0.2) is 13.4 Å². The second-order valence-electron chi connectivity index (χ2n) is 6.98. The number of benzene rings is 1. The maximum absolute atomic E-state index is 13.0. The zero-order chi connectivity index (χ0) is 18.6. The lowest BCUT2D eigenvalue weighted by molar-refractivity contribution is -0.129. The van der Waals surface area contributed by atoms with Crippen LogP contribution in [-0.4, -0.2) is 63.0 Å². The summed E-state index contributed by atoms with van der Waals surface area (Å²) in [7, 11) is -3.51. The number of ether oxygens (including phenoxy) is 1. The quantitative estimate of drug-likeness (QED) is 0.828. The number of piperidine rings is 1. The lowest BCUT2D eigenvalue weighted by atomic mass is 9.96. The van der Waals surface area contributed by atoms with E-state index in [4.69, 9.17) is 4.74 Å². The Balaban J connectivity index is 1.60. The van der Waals surface area contributed by atoms with Crippen LogP contribution in [0.5, 0.6) is 0 Å². The molecule has 0 saturated carbocycles. The molecule has 2 aliphatic heterocycles. The van der Waals surface area contributed by atoms with Crippen molar-refractivity contribution < 1.29 is 17.9 Å². The van der Waals surface area contributed by atoms with Crippen molar-refractivity contribution in [1.82, 2.24) is 14.7 Å². The van der Waals surface area contributed by atoms with Crippen LogP contribution in [0.15, 0.2) is 29.2 Å². The highest BCUT2D eigenvalue weighted by molar-refractivity contribution is 7.89. The molecule has 0 spiro atoms.